The molecular formula is C21H13Cl2F3N4O5. The zero-order valence-corrected chi connectivity index (χ0v) is 18.8. The Hall–Kier alpha value is -3.90. The highest BCUT2D eigenvalue weighted by molar-refractivity contribution is 6.37. The van der Waals surface area contributed by atoms with E-state index in [1.165, 1.54) is 42.6 Å². The van der Waals surface area contributed by atoms with Gasteiger partial charge in [-0.1, -0.05) is 23.2 Å². The van der Waals surface area contributed by atoms with Crippen LogP contribution in [0.4, 0.5) is 30.2 Å². The molecule has 0 aliphatic heterocycles. The molecule has 3 rings (SSSR count). The van der Waals surface area contributed by atoms with E-state index in [9.17, 15) is 33.4 Å². The molecule has 0 atom stereocenters. The van der Waals surface area contributed by atoms with Crippen LogP contribution in [0.1, 0.15) is 16.7 Å². The number of hydrazone groups is 1. The largest absolute Gasteiger partial charge is 0.486 e. The molecule has 3 aromatic rings. The predicted octanol–water partition coefficient (Wildman–Crippen LogP) is 6.85. The molecule has 0 amide bonds. The van der Waals surface area contributed by atoms with Gasteiger partial charge in [0, 0.05) is 18.2 Å². The number of alkyl halides is 3. The van der Waals surface area contributed by atoms with Gasteiger partial charge in [0.15, 0.2) is 5.75 Å². The zero-order chi connectivity index (χ0) is 25.8. The molecule has 3 aromatic carbocycles. The van der Waals surface area contributed by atoms with Crippen LogP contribution in [-0.4, -0.2) is 16.1 Å². The normalized spacial score (nSPS) is 11.5. The molecule has 0 aliphatic rings. The van der Waals surface area contributed by atoms with Gasteiger partial charge in [0.25, 0.3) is 11.4 Å². The second-order valence-electron chi connectivity index (χ2n) is 6.88. The van der Waals surface area contributed by atoms with Crippen LogP contribution in [0.3, 0.4) is 0 Å². The van der Waals surface area contributed by atoms with Crippen LogP contribution in [0.15, 0.2) is 59.7 Å². The van der Waals surface area contributed by atoms with Crippen molar-refractivity contribution in [3.63, 3.8) is 0 Å². The Kier molecular flexibility index (Phi) is 7.77. The number of hydrogen-bond acceptors (Lipinski definition) is 7. The maximum absolute atomic E-state index is 12.8. The van der Waals surface area contributed by atoms with Crippen LogP contribution in [0.2, 0.25) is 10.0 Å². The van der Waals surface area contributed by atoms with Gasteiger partial charge >= 0.3 is 6.18 Å². The first-order chi connectivity index (χ1) is 16.5. The van der Waals surface area contributed by atoms with E-state index in [4.69, 9.17) is 27.9 Å². The van der Waals surface area contributed by atoms with Crippen molar-refractivity contribution < 1.29 is 27.8 Å². The van der Waals surface area contributed by atoms with Gasteiger partial charge in [-0.25, -0.2) is 0 Å². The monoisotopic (exact) mass is 528 g/mol. The van der Waals surface area contributed by atoms with Crippen LogP contribution in [0, 0.1) is 20.2 Å². The first-order valence-corrected chi connectivity index (χ1v) is 10.2. The van der Waals surface area contributed by atoms with Crippen molar-refractivity contribution >= 4 is 46.5 Å². The lowest BCUT2D eigenvalue weighted by Crippen LogP contribution is -2.06. The summed E-state index contributed by atoms with van der Waals surface area (Å²) in [6.07, 6.45) is -3.53. The first-order valence-electron chi connectivity index (χ1n) is 9.45. The molecule has 9 nitrogen and oxygen atoms in total. The first kappa shape index (κ1) is 25.7. The molecule has 14 heteroatoms. The van der Waals surface area contributed by atoms with E-state index in [2.05, 4.69) is 10.5 Å². The second kappa shape index (κ2) is 10.6. The van der Waals surface area contributed by atoms with Crippen LogP contribution in [0.25, 0.3) is 0 Å². The highest BCUT2D eigenvalue weighted by atomic mass is 35.5. The maximum atomic E-state index is 12.8. The Morgan fingerprint density at radius 1 is 0.971 bits per heavy atom. The van der Waals surface area contributed by atoms with E-state index in [-0.39, 0.29) is 33.8 Å². The average molecular weight is 529 g/mol. The van der Waals surface area contributed by atoms with E-state index >= 15 is 0 Å². The van der Waals surface area contributed by atoms with Gasteiger partial charge in [-0.05, 0) is 47.5 Å². The summed E-state index contributed by atoms with van der Waals surface area (Å²) in [6.45, 7) is 0.0318. The van der Waals surface area contributed by atoms with Gasteiger partial charge < -0.3 is 4.74 Å². The highest BCUT2D eigenvalue weighted by Gasteiger charge is 2.33. The Bertz CT molecular complexity index is 1280. The molecule has 0 spiro atoms. The molecule has 182 valence electrons. The average Bonchev–Trinajstić information content (AvgIpc) is 2.78. The molecule has 0 radical (unpaired) electrons. The number of anilines is 1. The van der Waals surface area contributed by atoms with Crippen molar-refractivity contribution in [2.24, 2.45) is 5.10 Å². The summed E-state index contributed by atoms with van der Waals surface area (Å²) in [5.41, 5.74) is 1.05. The van der Waals surface area contributed by atoms with Crippen molar-refractivity contribution in [1.82, 2.24) is 0 Å². The Balaban J connectivity index is 1.71. The van der Waals surface area contributed by atoms with Crippen LogP contribution >= 0.6 is 23.2 Å². The number of rotatable bonds is 8. The lowest BCUT2D eigenvalue weighted by molar-refractivity contribution is -0.384. The van der Waals surface area contributed by atoms with E-state index in [0.29, 0.717) is 23.3 Å². The Morgan fingerprint density at radius 3 is 2.14 bits per heavy atom. The summed E-state index contributed by atoms with van der Waals surface area (Å²) in [5.74, 6) is 0.148. The summed E-state index contributed by atoms with van der Waals surface area (Å²) in [4.78, 5) is 20.4. The molecular weight excluding hydrogens is 516 g/mol. The standard InChI is InChI=1S/C21H13Cl2F3N4O5/c22-16-7-13(8-17(23)20(16)35-11-12-1-4-15(5-2-12)29(31)32)10-27-28-18-6-3-14(21(24,25)26)9-19(18)30(33)34/h1-10,28H,11H2/b27-10-. The molecule has 0 saturated carbocycles. The van der Waals surface area contributed by atoms with Crippen LogP contribution in [0.5, 0.6) is 5.75 Å². The van der Waals surface area contributed by atoms with Gasteiger partial charge in [-0.3, -0.25) is 25.7 Å². The van der Waals surface area contributed by atoms with Crippen molar-refractivity contribution in [3.05, 3.63) is 102 Å². The lowest BCUT2D eigenvalue weighted by atomic mass is 10.1. The number of nitro benzene ring substituents is 2. The molecule has 0 heterocycles. The fourth-order valence-corrected chi connectivity index (χ4v) is 3.40. The predicted molar refractivity (Wildman–Crippen MR) is 123 cm³/mol. The fourth-order valence-electron chi connectivity index (χ4n) is 2.79. The van der Waals surface area contributed by atoms with Crippen LogP contribution < -0.4 is 10.2 Å². The number of non-ortho nitro benzene ring substituents is 1. The van der Waals surface area contributed by atoms with Gasteiger partial charge in [0.2, 0.25) is 0 Å². The number of ether oxygens (including phenoxy) is 1. The number of hydrogen-bond donors (Lipinski definition) is 1. The number of halogens is 5. The summed E-state index contributed by atoms with van der Waals surface area (Å²) < 4.78 is 44.0. The minimum atomic E-state index is -4.73. The number of nitro groups is 2. The van der Waals surface area contributed by atoms with Crippen molar-refractivity contribution in [1.29, 1.82) is 0 Å². The number of benzene rings is 3. The van der Waals surface area contributed by atoms with Gasteiger partial charge in [0.05, 0.1) is 31.7 Å². The fraction of sp³-hybridized carbons (Fsp3) is 0.0952. The second-order valence-corrected chi connectivity index (χ2v) is 7.70. The van der Waals surface area contributed by atoms with Gasteiger partial charge in [-0.15, -0.1) is 0 Å². The SMILES string of the molecule is O=[N+]([O-])c1ccc(COc2c(Cl)cc(/C=N\Nc3ccc(C(F)(F)F)cc3[N+](=O)[O-])cc2Cl)cc1. The third kappa shape index (κ3) is 6.58. The minimum Gasteiger partial charge on any atom is -0.486 e. The number of nitrogens with one attached hydrogen (secondary N) is 1. The van der Waals surface area contributed by atoms with Crippen molar-refractivity contribution in [2.45, 2.75) is 12.8 Å². The summed E-state index contributed by atoms with van der Waals surface area (Å²) in [5, 5.41) is 25.9. The van der Waals surface area contributed by atoms with E-state index in [1.54, 1.807) is 0 Å². The molecule has 1 N–H and O–H groups in total. The zero-order valence-electron chi connectivity index (χ0n) is 17.3. The quantitative estimate of drug-likeness (QED) is 0.194. The molecule has 0 unspecified atom stereocenters. The molecule has 0 bridgehead atoms. The van der Waals surface area contributed by atoms with Crippen molar-refractivity contribution in [3.8, 4) is 5.75 Å². The topological polar surface area (TPSA) is 120 Å². The van der Waals surface area contributed by atoms with Crippen molar-refractivity contribution in [2.75, 3.05) is 5.43 Å². The molecule has 0 fully saturated rings. The molecule has 35 heavy (non-hydrogen) atoms. The lowest BCUT2D eigenvalue weighted by Gasteiger charge is -2.11. The van der Waals surface area contributed by atoms with Crippen LogP contribution in [-0.2, 0) is 12.8 Å². The minimum absolute atomic E-state index is 0.0318. The van der Waals surface area contributed by atoms with E-state index < -0.39 is 27.3 Å². The molecule has 0 saturated heterocycles. The van der Waals surface area contributed by atoms with Gasteiger partial charge in [0.1, 0.15) is 12.3 Å². The third-order valence-electron chi connectivity index (χ3n) is 4.47. The molecule has 0 aliphatic carbocycles. The maximum Gasteiger partial charge on any atom is 0.416 e. The highest BCUT2D eigenvalue weighted by Crippen LogP contribution is 2.36. The van der Waals surface area contributed by atoms with Gasteiger partial charge in [-0.2, -0.15) is 18.3 Å². The molecule has 0 aromatic heterocycles. The summed E-state index contributed by atoms with van der Waals surface area (Å²) >= 11 is 12.4. The third-order valence-corrected chi connectivity index (χ3v) is 5.03. The van der Waals surface area contributed by atoms with E-state index in [1.807, 2.05) is 0 Å². The number of nitrogens with zero attached hydrogens (tertiary/aromatic N) is 3. The smallest absolute Gasteiger partial charge is 0.416 e. The Morgan fingerprint density at radius 2 is 1.60 bits per heavy atom. The Labute approximate surface area is 205 Å². The summed E-state index contributed by atoms with van der Waals surface area (Å²) in [7, 11) is 0. The summed E-state index contributed by atoms with van der Waals surface area (Å²) in [6, 6.07) is 10.6. The van der Waals surface area contributed by atoms with E-state index in [0.717, 1.165) is 6.07 Å².